The minimum atomic E-state index is 0.477. The van der Waals surface area contributed by atoms with Crippen molar-refractivity contribution in [1.29, 1.82) is 0 Å². The average molecular weight is 225 g/mol. The van der Waals surface area contributed by atoms with E-state index in [4.69, 9.17) is 10.5 Å². The number of hydrogen-bond donors (Lipinski definition) is 1. The van der Waals surface area contributed by atoms with Crippen molar-refractivity contribution in [2.24, 2.45) is 17.6 Å². The molecule has 2 heteroatoms. The lowest BCUT2D eigenvalue weighted by Gasteiger charge is -2.32. The van der Waals surface area contributed by atoms with E-state index >= 15 is 0 Å². The van der Waals surface area contributed by atoms with Crippen molar-refractivity contribution in [2.75, 3.05) is 6.54 Å². The van der Waals surface area contributed by atoms with Crippen LogP contribution in [0, 0.1) is 11.8 Å². The van der Waals surface area contributed by atoms with Gasteiger partial charge >= 0.3 is 0 Å². The first-order valence-corrected chi connectivity index (χ1v) is 7.19. The molecular weight excluding hydrogens is 198 g/mol. The van der Waals surface area contributed by atoms with E-state index in [9.17, 15) is 0 Å². The van der Waals surface area contributed by atoms with Crippen molar-refractivity contribution >= 4 is 0 Å². The van der Waals surface area contributed by atoms with E-state index in [2.05, 4.69) is 6.92 Å². The summed E-state index contributed by atoms with van der Waals surface area (Å²) in [7, 11) is 0. The van der Waals surface area contributed by atoms with Crippen molar-refractivity contribution in [3.8, 4) is 0 Å². The largest absolute Gasteiger partial charge is 0.375 e. The van der Waals surface area contributed by atoms with Gasteiger partial charge in [0.2, 0.25) is 0 Å². The molecule has 2 fully saturated rings. The SMILES string of the molecule is CCC1CCCC(OC2CCCC2CN)C1. The smallest absolute Gasteiger partial charge is 0.0619 e. The van der Waals surface area contributed by atoms with Crippen LogP contribution in [0.3, 0.4) is 0 Å². The van der Waals surface area contributed by atoms with Gasteiger partial charge in [-0.25, -0.2) is 0 Å². The lowest BCUT2D eigenvalue weighted by Crippen LogP contribution is -2.32. The molecule has 0 aliphatic heterocycles. The molecular formula is C14H27NO. The van der Waals surface area contributed by atoms with Crippen LogP contribution in [0.4, 0.5) is 0 Å². The third-order valence-electron chi connectivity index (χ3n) is 4.57. The molecule has 0 saturated heterocycles. The van der Waals surface area contributed by atoms with Crippen LogP contribution in [0.15, 0.2) is 0 Å². The summed E-state index contributed by atoms with van der Waals surface area (Å²) >= 11 is 0. The molecule has 2 N–H and O–H groups in total. The van der Waals surface area contributed by atoms with Crippen LogP contribution in [0.25, 0.3) is 0 Å². The van der Waals surface area contributed by atoms with Crippen LogP contribution in [0.2, 0.25) is 0 Å². The zero-order chi connectivity index (χ0) is 11.4. The Morgan fingerprint density at radius 1 is 1.12 bits per heavy atom. The lowest BCUT2D eigenvalue weighted by molar-refractivity contribution is -0.0545. The first-order chi connectivity index (χ1) is 7.83. The van der Waals surface area contributed by atoms with E-state index in [0.717, 1.165) is 12.5 Å². The summed E-state index contributed by atoms with van der Waals surface area (Å²) in [5.41, 5.74) is 5.80. The minimum Gasteiger partial charge on any atom is -0.375 e. The summed E-state index contributed by atoms with van der Waals surface area (Å²) in [6, 6.07) is 0. The predicted octanol–water partition coefficient (Wildman–Crippen LogP) is 3.10. The Morgan fingerprint density at radius 3 is 2.69 bits per heavy atom. The van der Waals surface area contributed by atoms with Crippen LogP contribution < -0.4 is 5.73 Å². The van der Waals surface area contributed by atoms with Gasteiger partial charge < -0.3 is 10.5 Å². The van der Waals surface area contributed by atoms with Crippen LogP contribution in [-0.4, -0.2) is 18.8 Å². The molecule has 0 aromatic carbocycles. The zero-order valence-corrected chi connectivity index (χ0v) is 10.7. The lowest BCUT2D eigenvalue weighted by atomic mass is 9.85. The van der Waals surface area contributed by atoms with E-state index in [1.165, 1.54) is 51.4 Å². The van der Waals surface area contributed by atoms with E-state index in [1.54, 1.807) is 0 Å². The Bertz CT molecular complexity index is 207. The number of ether oxygens (including phenoxy) is 1. The first kappa shape index (κ1) is 12.4. The van der Waals surface area contributed by atoms with Gasteiger partial charge in [0.05, 0.1) is 12.2 Å². The van der Waals surface area contributed by atoms with Crippen molar-refractivity contribution in [3.63, 3.8) is 0 Å². The zero-order valence-electron chi connectivity index (χ0n) is 10.7. The van der Waals surface area contributed by atoms with Crippen molar-refractivity contribution in [1.82, 2.24) is 0 Å². The third-order valence-corrected chi connectivity index (χ3v) is 4.57. The number of rotatable bonds is 4. The van der Waals surface area contributed by atoms with Gasteiger partial charge in [-0.15, -0.1) is 0 Å². The van der Waals surface area contributed by atoms with Gasteiger partial charge in [0.15, 0.2) is 0 Å². The van der Waals surface area contributed by atoms with Crippen molar-refractivity contribution in [2.45, 2.75) is 70.5 Å². The highest BCUT2D eigenvalue weighted by molar-refractivity contribution is 4.81. The number of nitrogens with two attached hydrogens (primary N) is 1. The molecule has 2 nitrogen and oxygen atoms in total. The summed E-state index contributed by atoms with van der Waals surface area (Å²) in [5.74, 6) is 1.55. The topological polar surface area (TPSA) is 35.2 Å². The molecule has 0 radical (unpaired) electrons. The quantitative estimate of drug-likeness (QED) is 0.798. The Morgan fingerprint density at radius 2 is 1.94 bits per heavy atom. The molecule has 0 aromatic rings. The van der Waals surface area contributed by atoms with Gasteiger partial charge in [-0.2, -0.15) is 0 Å². The van der Waals surface area contributed by atoms with Gasteiger partial charge in [0.1, 0.15) is 0 Å². The average Bonchev–Trinajstić information content (AvgIpc) is 2.76. The molecule has 94 valence electrons. The van der Waals surface area contributed by atoms with Crippen LogP contribution >= 0.6 is 0 Å². The summed E-state index contributed by atoms with van der Waals surface area (Å²) < 4.78 is 6.31. The highest BCUT2D eigenvalue weighted by Crippen LogP contribution is 2.34. The second-order valence-electron chi connectivity index (χ2n) is 5.66. The maximum absolute atomic E-state index is 6.31. The summed E-state index contributed by atoms with van der Waals surface area (Å²) in [4.78, 5) is 0. The second-order valence-corrected chi connectivity index (χ2v) is 5.66. The van der Waals surface area contributed by atoms with Gasteiger partial charge in [-0.3, -0.25) is 0 Å². The molecule has 4 unspecified atom stereocenters. The standard InChI is InChI=1S/C14H27NO/c1-2-11-5-3-7-13(9-11)16-14-8-4-6-12(14)10-15/h11-14H,2-10,15H2,1H3. The van der Waals surface area contributed by atoms with Crippen molar-refractivity contribution < 1.29 is 4.74 Å². The van der Waals surface area contributed by atoms with E-state index < -0.39 is 0 Å². The molecule has 2 rings (SSSR count). The Hall–Kier alpha value is -0.0800. The fourth-order valence-corrected chi connectivity index (χ4v) is 3.43. The molecule has 2 aliphatic carbocycles. The van der Waals surface area contributed by atoms with E-state index in [0.29, 0.717) is 18.1 Å². The van der Waals surface area contributed by atoms with E-state index in [1.807, 2.05) is 0 Å². The summed E-state index contributed by atoms with van der Waals surface area (Å²) in [5, 5.41) is 0. The van der Waals surface area contributed by atoms with Crippen LogP contribution in [0.1, 0.15) is 58.3 Å². The molecule has 4 atom stereocenters. The van der Waals surface area contributed by atoms with Crippen LogP contribution in [-0.2, 0) is 4.74 Å². The highest BCUT2D eigenvalue weighted by Gasteiger charge is 2.31. The Kier molecular flexibility index (Phi) is 4.66. The molecule has 0 amide bonds. The van der Waals surface area contributed by atoms with Gasteiger partial charge in [-0.1, -0.05) is 32.6 Å². The molecule has 0 heterocycles. The fraction of sp³-hybridized carbons (Fsp3) is 1.00. The highest BCUT2D eigenvalue weighted by atomic mass is 16.5. The molecule has 0 bridgehead atoms. The normalized spacial score (nSPS) is 40.1. The minimum absolute atomic E-state index is 0.477. The van der Waals surface area contributed by atoms with Crippen molar-refractivity contribution in [3.05, 3.63) is 0 Å². The molecule has 2 aliphatic rings. The molecule has 2 saturated carbocycles. The summed E-state index contributed by atoms with van der Waals surface area (Å²) in [6.45, 7) is 3.12. The Balaban J connectivity index is 1.79. The summed E-state index contributed by atoms with van der Waals surface area (Å²) in [6.07, 6.45) is 11.5. The molecule has 0 aromatic heterocycles. The van der Waals surface area contributed by atoms with Gasteiger partial charge in [0, 0.05) is 0 Å². The van der Waals surface area contributed by atoms with Crippen LogP contribution in [0.5, 0.6) is 0 Å². The van der Waals surface area contributed by atoms with Gasteiger partial charge in [-0.05, 0) is 44.1 Å². The Labute approximate surface area is 99.9 Å². The maximum Gasteiger partial charge on any atom is 0.0619 e. The molecule has 16 heavy (non-hydrogen) atoms. The third kappa shape index (κ3) is 2.98. The first-order valence-electron chi connectivity index (χ1n) is 7.19. The monoisotopic (exact) mass is 225 g/mol. The van der Waals surface area contributed by atoms with Gasteiger partial charge in [0.25, 0.3) is 0 Å². The second kappa shape index (κ2) is 6.02. The maximum atomic E-state index is 6.31. The van der Waals surface area contributed by atoms with E-state index in [-0.39, 0.29) is 0 Å². The fourth-order valence-electron chi connectivity index (χ4n) is 3.43. The number of hydrogen-bond acceptors (Lipinski definition) is 2. The predicted molar refractivity (Wildman–Crippen MR) is 67.3 cm³/mol. The molecule has 0 spiro atoms.